The first-order chi connectivity index (χ1) is 32.0. The molecule has 0 aromatic rings. The molecule has 0 radical (unpaired) electrons. The number of esters is 1. The van der Waals surface area contributed by atoms with Crippen molar-refractivity contribution in [1.82, 2.24) is 5.32 Å². The van der Waals surface area contributed by atoms with Crippen molar-refractivity contribution in [3.8, 4) is 0 Å². The average molecular weight is 919 g/mol. The monoisotopic (exact) mass is 918 g/mol. The van der Waals surface area contributed by atoms with Crippen LogP contribution in [0.5, 0.6) is 0 Å². The molecule has 6 nitrogen and oxygen atoms in total. The Hall–Kier alpha value is -1.40. The minimum atomic E-state index is -0.789. The van der Waals surface area contributed by atoms with E-state index in [1.165, 1.54) is 231 Å². The number of carbonyl (C=O) groups is 2. The summed E-state index contributed by atoms with van der Waals surface area (Å²) in [7, 11) is 0. The molecule has 0 bridgehead atoms. The highest BCUT2D eigenvalue weighted by Crippen LogP contribution is 2.19. The van der Waals surface area contributed by atoms with E-state index in [1.54, 1.807) is 0 Å². The Morgan fingerprint density at radius 1 is 0.431 bits per heavy atom. The fourth-order valence-electron chi connectivity index (χ4n) is 9.38. The van der Waals surface area contributed by atoms with Gasteiger partial charge in [-0.25, -0.2) is 0 Å². The average Bonchev–Trinajstić information content (AvgIpc) is 3.30. The Morgan fingerprint density at radius 2 is 0.754 bits per heavy atom. The van der Waals surface area contributed by atoms with Crippen LogP contribution in [0.4, 0.5) is 0 Å². The number of allylic oxidation sites excluding steroid dienone is 2. The van der Waals surface area contributed by atoms with Crippen LogP contribution in [-0.4, -0.2) is 46.9 Å². The smallest absolute Gasteiger partial charge is 0.306 e. The predicted octanol–water partition coefficient (Wildman–Crippen LogP) is 18.1. The largest absolute Gasteiger partial charge is 0.462 e. The van der Waals surface area contributed by atoms with Crippen LogP contribution in [0.1, 0.15) is 329 Å². The number of carbonyl (C=O) groups excluding carboxylic acids is 2. The number of unbranched alkanes of at least 4 members (excludes halogenated alkanes) is 40. The molecule has 0 rings (SSSR count). The van der Waals surface area contributed by atoms with Crippen LogP contribution in [-0.2, 0) is 14.3 Å². The second-order valence-corrected chi connectivity index (χ2v) is 20.4. The lowest BCUT2D eigenvalue weighted by Gasteiger charge is -2.24. The highest BCUT2D eigenvalue weighted by atomic mass is 16.5. The van der Waals surface area contributed by atoms with Crippen molar-refractivity contribution in [3.05, 3.63) is 12.2 Å². The third kappa shape index (κ3) is 48.9. The van der Waals surface area contributed by atoms with Crippen molar-refractivity contribution in [2.45, 2.75) is 347 Å². The summed E-state index contributed by atoms with van der Waals surface area (Å²) in [6.07, 6.45) is 61.5. The quantitative estimate of drug-likeness (QED) is 0.0321. The number of ether oxygens (including phenoxy) is 1. The van der Waals surface area contributed by atoms with Crippen LogP contribution in [0.15, 0.2) is 12.2 Å². The van der Waals surface area contributed by atoms with Gasteiger partial charge in [-0.1, -0.05) is 283 Å². The molecule has 0 aliphatic carbocycles. The van der Waals surface area contributed by atoms with Crippen molar-refractivity contribution < 1.29 is 24.5 Å². The van der Waals surface area contributed by atoms with Crippen molar-refractivity contribution in [2.24, 2.45) is 0 Å². The van der Waals surface area contributed by atoms with E-state index in [1.807, 2.05) is 0 Å². The van der Waals surface area contributed by atoms with Crippen LogP contribution in [0, 0.1) is 0 Å². The summed E-state index contributed by atoms with van der Waals surface area (Å²) >= 11 is 0. The van der Waals surface area contributed by atoms with Crippen LogP contribution in [0.2, 0.25) is 0 Å². The van der Waals surface area contributed by atoms with Crippen molar-refractivity contribution in [3.63, 3.8) is 0 Å². The van der Waals surface area contributed by atoms with E-state index < -0.39 is 18.2 Å². The minimum Gasteiger partial charge on any atom is -0.462 e. The Labute approximate surface area is 406 Å². The van der Waals surface area contributed by atoms with Gasteiger partial charge in [0.15, 0.2) is 0 Å². The van der Waals surface area contributed by atoms with E-state index in [4.69, 9.17) is 4.74 Å². The Balaban J connectivity index is 4.41. The molecule has 3 unspecified atom stereocenters. The maximum atomic E-state index is 13.2. The van der Waals surface area contributed by atoms with Crippen LogP contribution in [0.3, 0.4) is 0 Å². The third-order valence-corrected chi connectivity index (χ3v) is 13.8. The van der Waals surface area contributed by atoms with E-state index in [0.717, 1.165) is 51.4 Å². The van der Waals surface area contributed by atoms with E-state index in [0.29, 0.717) is 19.3 Å². The standard InChI is InChI=1S/C59H115NO5/c1-4-7-10-13-16-19-22-24-26-28-29-30-32-34-37-40-43-46-49-52-59(64)65-55(50-47-44-41-38-35-21-18-15-12-9-6-3)53-58(63)60-56(54-61)57(62)51-48-45-42-39-36-33-31-27-25-23-20-17-14-11-8-5-2/h38,41,55-57,61-62H,4-37,39-40,42-54H2,1-3H3,(H,60,63)/b41-38-. The zero-order chi connectivity index (χ0) is 47.4. The van der Waals surface area contributed by atoms with Gasteiger partial charge in [-0.15, -0.1) is 0 Å². The fraction of sp³-hybridized carbons (Fsp3) is 0.932. The summed E-state index contributed by atoms with van der Waals surface area (Å²) in [6, 6.07) is -0.704. The lowest BCUT2D eigenvalue weighted by molar-refractivity contribution is -0.151. The molecule has 0 saturated heterocycles. The van der Waals surface area contributed by atoms with E-state index in [9.17, 15) is 19.8 Å². The highest BCUT2D eigenvalue weighted by Gasteiger charge is 2.24. The zero-order valence-corrected chi connectivity index (χ0v) is 44.2. The lowest BCUT2D eigenvalue weighted by Crippen LogP contribution is -2.46. The van der Waals surface area contributed by atoms with Gasteiger partial charge in [-0.2, -0.15) is 0 Å². The zero-order valence-electron chi connectivity index (χ0n) is 44.2. The molecule has 0 aromatic carbocycles. The van der Waals surface area contributed by atoms with E-state index in [-0.39, 0.29) is 24.9 Å². The molecule has 3 N–H and O–H groups in total. The third-order valence-electron chi connectivity index (χ3n) is 13.8. The fourth-order valence-corrected chi connectivity index (χ4v) is 9.38. The Kier molecular flexibility index (Phi) is 52.4. The highest BCUT2D eigenvalue weighted by molar-refractivity contribution is 5.77. The second kappa shape index (κ2) is 53.6. The summed E-state index contributed by atoms with van der Waals surface area (Å²) in [5.74, 6) is -0.481. The maximum absolute atomic E-state index is 13.2. The van der Waals surface area contributed by atoms with E-state index >= 15 is 0 Å². The Morgan fingerprint density at radius 3 is 1.12 bits per heavy atom. The van der Waals surface area contributed by atoms with Crippen LogP contribution < -0.4 is 5.32 Å². The molecule has 0 saturated carbocycles. The normalized spacial score (nSPS) is 13.1. The van der Waals surface area contributed by atoms with Crippen molar-refractivity contribution in [2.75, 3.05) is 6.61 Å². The molecule has 0 aromatic heterocycles. The molecule has 0 fully saturated rings. The van der Waals surface area contributed by atoms with Gasteiger partial charge in [0.2, 0.25) is 5.91 Å². The molecule has 0 aliphatic rings. The van der Waals surface area contributed by atoms with Gasteiger partial charge < -0.3 is 20.3 Å². The topological polar surface area (TPSA) is 95.9 Å². The van der Waals surface area contributed by atoms with Crippen LogP contribution >= 0.6 is 0 Å². The first kappa shape index (κ1) is 63.6. The Bertz CT molecular complexity index is 986. The molecule has 0 aliphatic heterocycles. The molecular weight excluding hydrogens is 803 g/mol. The molecule has 65 heavy (non-hydrogen) atoms. The van der Waals surface area contributed by atoms with Crippen molar-refractivity contribution >= 4 is 11.9 Å². The van der Waals surface area contributed by atoms with Crippen LogP contribution in [0.25, 0.3) is 0 Å². The number of hydrogen-bond acceptors (Lipinski definition) is 5. The van der Waals surface area contributed by atoms with Crippen molar-refractivity contribution in [1.29, 1.82) is 0 Å². The van der Waals surface area contributed by atoms with E-state index in [2.05, 4.69) is 38.2 Å². The van der Waals surface area contributed by atoms with Gasteiger partial charge in [0.25, 0.3) is 0 Å². The number of aliphatic hydroxyl groups is 2. The first-order valence-corrected chi connectivity index (χ1v) is 29.4. The maximum Gasteiger partial charge on any atom is 0.306 e. The van der Waals surface area contributed by atoms with Gasteiger partial charge in [-0.3, -0.25) is 9.59 Å². The number of amides is 1. The molecular formula is C59H115NO5. The van der Waals surface area contributed by atoms with Gasteiger partial charge in [0, 0.05) is 6.42 Å². The molecule has 1 amide bonds. The van der Waals surface area contributed by atoms with Gasteiger partial charge in [-0.05, 0) is 44.9 Å². The summed E-state index contributed by atoms with van der Waals surface area (Å²) in [6.45, 7) is 6.51. The van der Waals surface area contributed by atoms with Gasteiger partial charge in [0.05, 0.1) is 25.2 Å². The summed E-state index contributed by atoms with van der Waals surface area (Å²) in [4.78, 5) is 26.2. The number of rotatable bonds is 54. The number of hydrogen-bond donors (Lipinski definition) is 3. The molecule has 0 heterocycles. The number of nitrogens with one attached hydrogen (secondary N) is 1. The number of aliphatic hydroxyl groups excluding tert-OH is 2. The molecule has 3 atom stereocenters. The SMILES string of the molecule is CCCCCCCC/C=C\CCCC(CC(=O)NC(CO)C(O)CCCCCCCCCCCCCCCCCC)OC(=O)CCCCCCCCCCCCCCCCCCCCC. The lowest BCUT2D eigenvalue weighted by atomic mass is 10.0. The predicted molar refractivity (Wildman–Crippen MR) is 283 cm³/mol. The molecule has 6 heteroatoms. The molecule has 0 spiro atoms. The first-order valence-electron chi connectivity index (χ1n) is 29.4. The molecule has 386 valence electrons. The minimum absolute atomic E-state index is 0.0642. The summed E-state index contributed by atoms with van der Waals surface area (Å²) < 4.78 is 5.94. The second-order valence-electron chi connectivity index (χ2n) is 20.4. The van der Waals surface area contributed by atoms with Gasteiger partial charge >= 0.3 is 5.97 Å². The summed E-state index contributed by atoms with van der Waals surface area (Å²) in [5.41, 5.74) is 0. The van der Waals surface area contributed by atoms with Gasteiger partial charge in [0.1, 0.15) is 6.10 Å². The summed E-state index contributed by atoms with van der Waals surface area (Å²) in [5, 5.41) is 23.9.